The second-order valence-electron chi connectivity index (χ2n) is 8.05. The first kappa shape index (κ1) is 22.5. The molecule has 8 nitrogen and oxygen atoms in total. The number of aliphatic hydroxyl groups is 1. The normalized spacial score (nSPS) is 14.4. The summed E-state index contributed by atoms with van der Waals surface area (Å²) in [6.45, 7) is 8.35. The Balaban J connectivity index is 1.78. The summed E-state index contributed by atoms with van der Waals surface area (Å²) >= 11 is 6.56. The first-order chi connectivity index (χ1) is 15.4. The minimum atomic E-state index is -0.612. The number of aliphatic hydroxyl groups excluding tert-OH is 1. The number of anilines is 1. The largest absolute Gasteiger partial charge is 0.491 e. The molecule has 1 aromatic carbocycles. The molecule has 1 aliphatic rings. The second kappa shape index (κ2) is 9.44. The molecule has 0 saturated carbocycles. The Bertz CT molecular complexity index is 1090. The number of likely N-dealkylation sites (N-methyl/N-ethyl adjacent to an activating group) is 1. The summed E-state index contributed by atoms with van der Waals surface area (Å²) < 4.78 is 11.2. The van der Waals surface area contributed by atoms with Gasteiger partial charge in [-0.15, -0.1) is 0 Å². The lowest BCUT2D eigenvalue weighted by Gasteiger charge is -2.33. The van der Waals surface area contributed by atoms with E-state index in [0.29, 0.717) is 34.5 Å². The second-order valence-corrected chi connectivity index (χ2v) is 8.46. The zero-order valence-corrected chi connectivity index (χ0v) is 19.5. The third-order valence-corrected chi connectivity index (χ3v) is 5.94. The van der Waals surface area contributed by atoms with Gasteiger partial charge in [-0.3, -0.25) is 0 Å². The number of nitrogens with one attached hydrogen (secondary N) is 1. The minimum absolute atomic E-state index is 0.167. The number of nitrogens with zero attached hydrogens (tertiary/aromatic N) is 4. The summed E-state index contributed by atoms with van der Waals surface area (Å²) in [4.78, 5) is 12.0. The van der Waals surface area contributed by atoms with E-state index in [9.17, 15) is 5.11 Å². The van der Waals surface area contributed by atoms with E-state index in [1.807, 2.05) is 26.8 Å². The summed E-state index contributed by atoms with van der Waals surface area (Å²) in [6.07, 6.45) is 0.525. The first-order valence-corrected chi connectivity index (χ1v) is 11.1. The van der Waals surface area contributed by atoms with Gasteiger partial charge in [0.2, 0.25) is 0 Å². The molecule has 1 atom stereocenters. The molecule has 3 aromatic rings. The Kier molecular flexibility index (Phi) is 6.64. The highest BCUT2D eigenvalue weighted by Crippen LogP contribution is 2.37. The average Bonchev–Trinajstić information content (AvgIpc) is 3.06. The summed E-state index contributed by atoms with van der Waals surface area (Å²) in [5.74, 6) is 2.71. The van der Waals surface area contributed by atoms with Crippen molar-refractivity contribution in [2.24, 2.45) is 0 Å². The van der Waals surface area contributed by atoms with Crippen LogP contribution in [0.5, 0.6) is 5.75 Å². The molecule has 9 heteroatoms. The molecule has 1 aliphatic heterocycles. The van der Waals surface area contributed by atoms with Gasteiger partial charge in [0.15, 0.2) is 5.82 Å². The van der Waals surface area contributed by atoms with Crippen LogP contribution in [0, 0.1) is 20.8 Å². The maximum atomic E-state index is 9.95. The number of ether oxygens (including phenoxy) is 1. The van der Waals surface area contributed by atoms with Crippen molar-refractivity contribution < 1.29 is 14.4 Å². The van der Waals surface area contributed by atoms with Gasteiger partial charge in [-0.05, 0) is 52.4 Å². The number of halogens is 1. The van der Waals surface area contributed by atoms with E-state index in [1.54, 1.807) is 19.2 Å². The van der Waals surface area contributed by atoms with E-state index >= 15 is 0 Å². The van der Waals surface area contributed by atoms with Crippen LogP contribution in [-0.4, -0.2) is 59.6 Å². The molecule has 0 unspecified atom stereocenters. The Morgan fingerprint density at radius 2 is 2.03 bits per heavy atom. The summed E-state index contributed by atoms with van der Waals surface area (Å²) in [6, 6.07) is 5.35. The van der Waals surface area contributed by atoms with Crippen molar-refractivity contribution in [3.63, 3.8) is 0 Å². The van der Waals surface area contributed by atoms with E-state index < -0.39 is 6.10 Å². The van der Waals surface area contributed by atoms with Crippen LogP contribution < -0.4 is 15.0 Å². The predicted molar refractivity (Wildman–Crippen MR) is 124 cm³/mol. The molecule has 0 aliphatic carbocycles. The van der Waals surface area contributed by atoms with Gasteiger partial charge in [-0.2, -0.15) is 0 Å². The highest BCUT2D eigenvalue weighted by atomic mass is 35.5. The van der Waals surface area contributed by atoms with E-state index in [2.05, 4.69) is 15.4 Å². The van der Waals surface area contributed by atoms with E-state index in [4.69, 9.17) is 30.8 Å². The van der Waals surface area contributed by atoms with Gasteiger partial charge in [0.05, 0.1) is 22.0 Å². The monoisotopic (exact) mass is 457 g/mol. The molecule has 2 N–H and O–H groups in total. The Morgan fingerprint density at radius 1 is 1.25 bits per heavy atom. The van der Waals surface area contributed by atoms with Gasteiger partial charge < -0.3 is 24.6 Å². The number of hydrogen-bond acceptors (Lipinski definition) is 8. The Labute approximate surface area is 192 Å². The van der Waals surface area contributed by atoms with Crippen molar-refractivity contribution in [3.8, 4) is 28.4 Å². The molecule has 0 radical (unpaired) electrons. The number of benzene rings is 1. The minimum Gasteiger partial charge on any atom is -0.491 e. The maximum absolute atomic E-state index is 9.95. The van der Waals surface area contributed by atoms with Gasteiger partial charge in [0, 0.05) is 30.8 Å². The van der Waals surface area contributed by atoms with Gasteiger partial charge in [0.25, 0.3) is 0 Å². The van der Waals surface area contributed by atoms with Gasteiger partial charge in [0.1, 0.15) is 30.0 Å². The zero-order chi connectivity index (χ0) is 22.8. The summed E-state index contributed by atoms with van der Waals surface area (Å²) in [5.41, 5.74) is 4.11. The van der Waals surface area contributed by atoms with Crippen molar-refractivity contribution in [1.82, 2.24) is 20.4 Å². The molecule has 1 saturated heterocycles. The molecule has 0 amide bonds. The standard InChI is InChI=1S/C23H28ClN5O3/c1-13-21(20-14(2)28-32-15(20)3)26-22(27-23(13)29-8-5-9-29)18-10-17(6-7-19(18)24)31-12-16(30)11-25-4/h6-7,10,16,25,30H,5,8-9,11-12H2,1-4H3/t16-/m1/s1. The average molecular weight is 458 g/mol. The fourth-order valence-corrected chi connectivity index (χ4v) is 3.98. The maximum Gasteiger partial charge on any atom is 0.163 e. The number of rotatable bonds is 8. The molecule has 170 valence electrons. The lowest BCUT2D eigenvalue weighted by molar-refractivity contribution is 0.108. The van der Waals surface area contributed by atoms with Gasteiger partial charge in [-0.1, -0.05) is 16.8 Å². The number of hydrogen-bond donors (Lipinski definition) is 2. The van der Waals surface area contributed by atoms with Gasteiger partial charge in [-0.25, -0.2) is 9.97 Å². The van der Waals surface area contributed by atoms with Crippen LogP contribution in [0.3, 0.4) is 0 Å². The molecule has 0 spiro atoms. The van der Waals surface area contributed by atoms with Crippen LogP contribution in [0.15, 0.2) is 22.7 Å². The Morgan fingerprint density at radius 3 is 2.66 bits per heavy atom. The van der Waals surface area contributed by atoms with Crippen molar-refractivity contribution >= 4 is 17.4 Å². The van der Waals surface area contributed by atoms with Crippen LogP contribution >= 0.6 is 11.6 Å². The lowest BCUT2D eigenvalue weighted by atomic mass is 10.0. The van der Waals surface area contributed by atoms with Crippen molar-refractivity contribution in [1.29, 1.82) is 0 Å². The first-order valence-electron chi connectivity index (χ1n) is 10.7. The highest BCUT2D eigenvalue weighted by molar-refractivity contribution is 6.33. The van der Waals surface area contributed by atoms with Gasteiger partial charge >= 0.3 is 0 Å². The number of aromatic nitrogens is 3. The third-order valence-electron chi connectivity index (χ3n) is 5.61. The molecule has 4 rings (SSSR count). The fourth-order valence-electron chi connectivity index (χ4n) is 3.78. The quantitative estimate of drug-likeness (QED) is 0.530. The topological polar surface area (TPSA) is 96.5 Å². The van der Waals surface area contributed by atoms with Crippen molar-refractivity contribution in [2.45, 2.75) is 33.3 Å². The lowest BCUT2D eigenvalue weighted by Crippen LogP contribution is -2.38. The zero-order valence-electron chi connectivity index (χ0n) is 18.8. The third kappa shape index (κ3) is 4.44. The fraction of sp³-hybridized carbons (Fsp3) is 0.435. The Hall–Kier alpha value is -2.68. The van der Waals surface area contributed by atoms with Crippen LogP contribution in [-0.2, 0) is 0 Å². The van der Waals surface area contributed by atoms with E-state index in [1.165, 1.54) is 0 Å². The summed E-state index contributed by atoms with van der Waals surface area (Å²) in [7, 11) is 1.78. The van der Waals surface area contributed by atoms with Crippen molar-refractivity contribution in [2.75, 3.05) is 38.2 Å². The van der Waals surface area contributed by atoms with E-state index in [-0.39, 0.29) is 6.61 Å². The van der Waals surface area contributed by atoms with Crippen molar-refractivity contribution in [3.05, 3.63) is 40.2 Å². The van der Waals surface area contributed by atoms with E-state index in [0.717, 1.165) is 47.8 Å². The van der Waals surface area contributed by atoms with Crippen LogP contribution in [0.4, 0.5) is 5.82 Å². The molecular weight excluding hydrogens is 430 g/mol. The van der Waals surface area contributed by atoms with Crippen LogP contribution in [0.1, 0.15) is 23.4 Å². The van der Waals surface area contributed by atoms with Crippen LogP contribution in [0.2, 0.25) is 5.02 Å². The molecule has 0 bridgehead atoms. The smallest absolute Gasteiger partial charge is 0.163 e. The summed E-state index contributed by atoms with van der Waals surface area (Å²) in [5, 5.41) is 17.5. The molecule has 2 aromatic heterocycles. The molecule has 32 heavy (non-hydrogen) atoms. The molecule has 1 fully saturated rings. The predicted octanol–water partition coefficient (Wildman–Crippen LogP) is 3.55. The van der Waals surface area contributed by atoms with Crippen LogP contribution in [0.25, 0.3) is 22.6 Å². The highest BCUT2D eigenvalue weighted by Gasteiger charge is 2.25. The molecule has 3 heterocycles. The molecular formula is C23H28ClN5O3. The SMILES string of the molecule is CNC[C@@H](O)COc1ccc(Cl)c(-c2nc(-c3c(C)noc3C)c(C)c(N3CCC3)n2)c1. The number of aryl methyl sites for hydroxylation is 2.